The van der Waals surface area contributed by atoms with Gasteiger partial charge in [0.05, 0.1) is 24.1 Å². The summed E-state index contributed by atoms with van der Waals surface area (Å²) in [6, 6.07) is 3.76. The zero-order chi connectivity index (χ0) is 19.9. The van der Waals surface area contributed by atoms with Crippen molar-refractivity contribution in [2.75, 3.05) is 23.3 Å². The fraction of sp³-hybridized carbons (Fsp3) is 0.667. The first-order chi connectivity index (χ1) is 13.5. The van der Waals surface area contributed by atoms with Crippen molar-refractivity contribution < 1.29 is 14.3 Å². The molecule has 2 heterocycles. The molecule has 28 heavy (non-hydrogen) atoms. The summed E-state index contributed by atoms with van der Waals surface area (Å²) >= 11 is 0. The molecule has 1 aliphatic heterocycles. The van der Waals surface area contributed by atoms with E-state index >= 15 is 0 Å². The highest BCUT2D eigenvalue weighted by Crippen LogP contribution is 2.20. The summed E-state index contributed by atoms with van der Waals surface area (Å²) in [5, 5.41) is 5.54. The summed E-state index contributed by atoms with van der Waals surface area (Å²) in [4.78, 5) is 31.1. The maximum atomic E-state index is 12.2. The van der Waals surface area contributed by atoms with E-state index in [1.165, 1.54) is 19.3 Å². The van der Waals surface area contributed by atoms with Crippen molar-refractivity contribution >= 4 is 23.3 Å². The van der Waals surface area contributed by atoms with E-state index in [1.807, 2.05) is 19.9 Å². The van der Waals surface area contributed by atoms with Crippen LogP contribution in [0.4, 0.5) is 11.5 Å². The van der Waals surface area contributed by atoms with E-state index < -0.39 is 11.8 Å². The van der Waals surface area contributed by atoms with Gasteiger partial charge in [-0.1, -0.05) is 32.1 Å². The maximum Gasteiger partial charge on any atom is 0.313 e. The number of hydrogen-bond donors (Lipinski definition) is 2. The Balaban J connectivity index is 1.51. The van der Waals surface area contributed by atoms with Gasteiger partial charge in [-0.05, 0) is 38.8 Å². The Hall–Kier alpha value is -2.15. The number of rotatable bonds is 3. The number of nitrogens with one attached hydrogen (secondary N) is 2. The molecule has 0 aromatic carbocycles. The molecular weight excluding hydrogens is 356 g/mol. The van der Waals surface area contributed by atoms with E-state index in [9.17, 15) is 9.59 Å². The van der Waals surface area contributed by atoms with Gasteiger partial charge < -0.3 is 20.3 Å². The number of ether oxygens (including phenoxy) is 1. The number of hydrogen-bond acceptors (Lipinski definition) is 5. The summed E-state index contributed by atoms with van der Waals surface area (Å²) < 4.78 is 5.75. The molecule has 3 rings (SSSR count). The van der Waals surface area contributed by atoms with Crippen LogP contribution in [0.2, 0.25) is 0 Å². The highest BCUT2D eigenvalue weighted by atomic mass is 16.5. The van der Waals surface area contributed by atoms with E-state index in [4.69, 9.17) is 4.74 Å². The predicted octanol–water partition coefficient (Wildman–Crippen LogP) is 2.86. The molecule has 154 valence electrons. The van der Waals surface area contributed by atoms with Crippen molar-refractivity contribution in [1.82, 2.24) is 10.3 Å². The minimum absolute atomic E-state index is 0.101. The summed E-state index contributed by atoms with van der Waals surface area (Å²) in [7, 11) is 0. The Morgan fingerprint density at radius 3 is 2.25 bits per heavy atom. The number of nitrogens with zero attached hydrogens (tertiary/aromatic N) is 2. The van der Waals surface area contributed by atoms with Crippen molar-refractivity contribution in [2.45, 2.75) is 77.0 Å². The molecule has 1 saturated heterocycles. The second kappa shape index (κ2) is 9.87. The third kappa shape index (κ3) is 5.92. The minimum Gasteiger partial charge on any atom is -0.372 e. The van der Waals surface area contributed by atoms with E-state index in [-0.39, 0.29) is 18.2 Å². The molecular formula is C21H32N4O3. The van der Waals surface area contributed by atoms with Crippen LogP contribution in [0.15, 0.2) is 18.3 Å². The van der Waals surface area contributed by atoms with Gasteiger partial charge in [0, 0.05) is 19.1 Å². The summed E-state index contributed by atoms with van der Waals surface area (Å²) in [6.45, 7) is 5.66. The van der Waals surface area contributed by atoms with Gasteiger partial charge >= 0.3 is 11.8 Å². The highest BCUT2D eigenvalue weighted by molar-refractivity contribution is 6.39. The van der Waals surface area contributed by atoms with Gasteiger partial charge in [-0.15, -0.1) is 0 Å². The molecule has 0 spiro atoms. The van der Waals surface area contributed by atoms with E-state index in [0.717, 1.165) is 44.6 Å². The lowest BCUT2D eigenvalue weighted by Crippen LogP contribution is -2.45. The standard InChI is InChI=1S/C21H32N4O3/c1-15-13-25(14-16(2)28-15)19-11-10-18(12-22-19)24-21(27)20(26)23-17-8-6-4-3-5-7-9-17/h10-12,15-17H,3-9,13-14H2,1-2H3,(H,23,26)(H,24,27)/t15-,16-/m1/s1. The zero-order valence-electron chi connectivity index (χ0n) is 16.9. The Bertz CT molecular complexity index is 646. The normalized spacial score (nSPS) is 24.1. The number of pyridine rings is 1. The van der Waals surface area contributed by atoms with Crippen LogP contribution >= 0.6 is 0 Å². The average Bonchev–Trinajstić information content (AvgIpc) is 2.63. The lowest BCUT2D eigenvalue weighted by Gasteiger charge is -2.36. The molecule has 7 heteroatoms. The SMILES string of the molecule is C[C@@H]1CN(c2ccc(NC(=O)C(=O)NC3CCCCCCC3)cn2)C[C@@H](C)O1. The molecule has 0 radical (unpaired) electrons. The molecule has 2 aliphatic rings. The molecule has 1 saturated carbocycles. The first-order valence-electron chi connectivity index (χ1n) is 10.5. The number of anilines is 2. The van der Waals surface area contributed by atoms with Gasteiger partial charge in [0.1, 0.15) is 5.82 Å². The molecule has 2 fully saturated rings. The predicted molar refractivity (Wildman–Crippen MR) is 109 cm³/mol. The Labute approximate surface area is 167 Å². The number of carbonyl (C=O) groups excluding carboxylic acids is 2. The molecule has 2 amide bonds. The smallest absolute Gasteiger partial charge is 0.313 e. The Kier molecular flexibility index (Phi) is 7.25. The fourth-order valence-corrected chi connectivity index (χ4v) is 4.05. The molecule has 1 aliphatic carbocycles. The van der Waals surface area contributed by atoms with Crippen LogP contribution in [-0.4, -0.2) is 48.1 Å². The van der Waals surface area contributed by atoms with E-state index in [1.54, 1.807) is 12.3 Å². The molecule has 0 bridgehead atoms. The van der Waals surface area contributed by atoms with Crippen LogP contribution in [0.1, 0.15) is 58.8 Å². The van der Waals surface area contributed by atoms with Crippen molar-refractivity contribution in [3.63, 3.8) is 0 Å². The number of morpholine rings is 1. The second-order valence-corrected chi connectivity index (χ2v) is 8.04. The lowest BCUT2D eigenvalue weighted by molar-refractivity contribution is -0.136. The maximum absolute atomic E-state index is 12.2. The zero-order valence-corrected chi connectivity index (χ0v) is 16.9. The molecule has 0 unspecified atom stereocenters. The summed E-state index contributed by atoms with van der Waals surface area (Å²) in [5.41, 5.74) is 0.524. The first kappa shape index (κ1) is 20.6. The highest BCUT2D eigenvalue weighted by Gasteiger charge is 2.23. The van der Waals surface area contributed by atoms with Gasteiger partial charge in [-0.25, -0.2) is 4.98 Å². The molecule has 1 aromatic heterocycles. The number of carbonyl (C=O) groups is 2. The van der Waals surface area contributed by atoms with Crippen molar-refractivity contribution in [1.29, 1.82) is 0 Å². The number of amides is 2. The van der Waals surface area contributed by atoms with E-state index in [2.05, 4.69) is 20.5 Å². The number of aromatic nitrogens is 1. The van der Waals surface area contributed by atoms with E-state index in [0.29, 0.717) is 5.69 Å². The van der Waals surface area contributed by atoms with Gasteiger partial charge in [0.25, 0.3) is 0 Å². The van der Waals surface area contributed by atoms with Gasteiger partial charge in [0.15, 0.2) is 0 Å². The van der Waals surface area contributed by atoms with Crippen molar-refractivity contribution in [3.05, 3.63) is 18.3 Å². The Morgan fingerprint density at radius 1 is 1.00 bits per heavy atom. The average molecular weight is 389 g/mol. The van der Waals surface area contributed by atoms with Crippen molar-refractivity contribution in [2.24, 2.45) is 0 Å². The minimum atomic E-state index is -0.634. The van der Waals surface area contributed by atoms with Gasteiger partial charge in [-0.2, -0.15) is 0 Å². The Morgan fingerprint density at radius 2 is 1.64 bits per heavy atom. The summed E-state index contributed by atoms with van der Waals surface area (Å²) in [6.07, 6.45) is 9.70. The lowest BCUT2D eigenvalue weighted by atomic mass is 9.97. The first-order valence-corrected chi connectivity index (χ1v) is 10.5. The monoisotopic (exact) mass is 388 g/mol. The summed E-state index contributed by atoms with van der Waals surface area (Å²) in [5.74, 6) is -0.352. The molecule has 2 atom stereocenters. The fourth-order valence-electron chi connectivity index (χ4n) is 4.05. The van der Waals surface area contributed by atoms with Crippen LogP contribution in [-0.2, 0) is 14.3 Å². The van der Waals surface area contributed by atoms with Gasteiger partial charge in [0.2, 0.25) is 0 Å². The third-order valence-corrected chi connectivity index (χ3v) is 5.40. The largest absolute Gasteiger partial charge is 0.372 e. The van der Waals surface area contributed by atoms with Crippen LogP contribution in [0, 0.1) is 0 Å². The molecule has 1 aromatic rings. The van der Waals surface area contributed by atoms with Crippen molar-refractivity contribution in [3.8, 4) is 0 Å². The second-order valence-electron chi connectivity index (χ2n) is 8.04. The molecule has 2 N–H and O–H groups in total. The van der Waals surface area contributed by atoms with Crippen LogP contribution < -0.4 is 15.5 Å². The van der Waals surface area contributed by atoms with Crippen LogP contribution in [0.5, 0.6) is 0 Å². The van der Waals surface area contributed by atoms with Crippen LogP contribution in [0.3, 0.4) is 0 Å². The van der Waals surface area contributed by atoms with Gasteiger partial charge in [-0.3, -0.25) is 9.59 Å². The third-order valence-electron chi connectivity index (χ3n) is 5.40. The quantitative estimate of drug-likeness (QED) is 0.778. The topological polar surface area (TPSA) is 83.6 Å². The van der Waals surface area contributed by atoms with Crippen LogP contribution in [0.25, 0.3) is 0 Å². The molecule has 7 nitrogen and oxygen atoms in total.